The number of hydrogen-bond donors (Lipinski definition) is 0. The van der Waals surface area contributed by atoms with Crippen LogP contribution in [0.1, 0.15) is 30.1 Å². The normalized spacial score (nSPS) is 13.4. The number of H-pyrrole nitrogens is 1. The fraction of sp³-hybridized carbons (Fsp3) is 0.308. The topological polar surface area (TPSA) is 98.1 Å². The Morgan fingerprint density at radius 1 is 1.08 bits per heavy atom. The van der Waals surface area contributed by atoms with Crippen molar-refractivity contribution in [2.45, 2.75) is 36.9 Å². The number of alkyl halides is 2. The molecule has 1 aliphatic rings. The zero-order chi connectivity index (χ0) is 26.4. The molecule has 0 amide bonds. The zero-order valence-corrected chi connectivity index (χ0v) is 22.5. The first kappa shape index (κ1) is 29.8. The molecular formula is C26H25Cl2F2NO6S. The standard InChI is InChI=1S/C26H23Cl2F2NO5S.H2O/c1-33-17-5-7-18(8-6-17)37-26(32)36-23(11-19-20(27)12-31-13-21(19)28)16-4-9-22(35-25(29)30)24(10-16)34-14-15-2-3-15;/h4-10,12-13,15,23,25H,2-3,11,14H2,1H3;1H2/t23-;/m0./s1. The first-order valence-electron chi connectivity index (χ1n) is 11.4. The quantitative estimate of drug-likeness (QED) is 0.172. The van der Waals surface area contributed by atoms with E-state index in [1.165, 1.54) is 6.07 Å². The first-order valence-corrected chi connectivity index (χ1v) is 13.0. The van der Waals surface area contributed by atoms with Gasteiger partial charge in [-0.05, 0) is 72.5 Å². The summed E-state index contributed by atoms with van der Waals surface area (Å²) in [6.45, 7) is -2.63. The number of benzene rings is 2. The number of ether oxygens (including phenoxy) is 4. The van der Waals surface area contributed by atoms with Crippen LogP contribution in [0.15, 0.2) is 59.8 Å². The maximum Gasteiger partial charge on any atom is 0.387 e. The number of halogens is 4. The first-order chi connectivity index (χ1) is 17.8. The molecule has 1 aromatic heterocycles. The number of hydrogen-bond acceptors (Lipinski definition) is 7. The second kappa shape index (κ2) is 13.8. The summed E-state index contributed by atoms with van der Waals surface area (Å²) < 4.78 is 47.4. The number of carbonyl (C=O) groups excluding carboxylic acids is 1. The van der Waals surface area contributed by atoms with Crippen LogP contribution in [-0.4, -0.2) is 31.1 Å². The van der Waals surface area contributed by atoms with Gasteiger partial charge >= 0.3 is 11.9 Å². The predicted molar refractivity (Wildman–Crippen MR) is 138 cm³/mol. The van der Waals surface area contributed by atoms with Crippen LogP contribution in [0.5, 0.6) is 17.2 Å². The van der Waals surface area contributed by atoms with Gasteiger partial charge in [0.25, 0.3) is 0 Å². The summed E-state index contributed by atoms with van der Waals surface area (Å²) in [4.78, 5) is 16.4. The summed E-state index contributed by atoms with van der Waals surface area (Å²) in [6, 6.07) is 11.4. The molecule has 0 aliphatic heterocycles. The van der Waals surface area contributed by atoms with Gasteiger partial charge in [-0.15, -0.1) is 0 Å². The van der Waals surface area contributed by atoms with Crippen LogP contribution in [0.3, 0.4) is 0 Å². The van der Waals surface area contributed by atoms with E-state index in [4.69, 9.17) is 37.4 Å². The molecule has 0 spiro atoms. The smallest absolute Gasteiger partial charge is 0.387 e. The number of aromatic amines is 1. The molecule has 0 saturated heterocycles. The summed E-state index contributed by atoms with van der Waals surface area (Å²) >= 11 is 13.6. The molecule has 7 nitrogen and oxygen atoms in total. The van der Waals surface area contributed by atoms with Crippen molar-refractivity contribution in [2.24, 2.45) is 5.92 Å². The minimum atomic E-state index is -3.01. The lowest BCUT2D eigenvalue weighted by Crippen LogP contribution is -2.14. The SMILES string of the molecule is COc1ccc(SC(=O)O[C@@H](Cc2c(Cl)c[nH+]cc2Cl)c2ccc(OC(F)F)c(OCC3CC3)c2)cc1.[OH-]. The summed E-state index contributed by atoms with van der Waals surface area (Å²) in [7, 11) is 1.55. The molecule has 0 radical (unpaired) electrons. The lowest BCUT2D eigenvalue weighted by atomic mass is 10.0. The van der Waals surface area contributed by atoms with Gasteiger partial charge in [0.2, 0.25) is 0 Å². The molecule has 1 atom stereocenters. The molecule has 38 heavy (non-hydrogen) atoms. The lowest BCUT2D eigenvalue weighted by Gasteiger charge is -2.21. The molecule has 1 aliphatic carbocycles. The van der Waals surface area contributed by atoms with Crippen LogP contribution in [0.25, 0.3) is 0 Å². The number of nitrogens with one attached hydrogen (secondary N) is 1. The third-order valence-corrected chi connectivity index (χ3v) is 7.06. The Balaban J connectivity index is 0.00000400. The van der Waals surface area contributed by atoms with E-state index in [1.54, 1.807) is 55.9 Å². The average Bonchev–Trinajstić information content (AvgIpc) is 3.70. The van der Waals surface area contributed by atoms with Crippen molar-refractivity contribution in [3.63, 3.8) is 0 Å². The molecule has 3 aromatic rings. The van der Waals surface area contributed by atoms with Crippen LogP contribution >= 0.6 is 35.0 Å². The fourth-order valence-electron chi connectivity index (χ4n) is 3.49. The highest BCUT2D eigenvalue weighted by Crippen LogP contribution is 2.38. The van der Waals surface area contributed by atoms with Crippen molar-refractivity contribution >= 4 is 40.3 Å². The average molecular weight is 588 g/mol. The Labute approximate surface area is 232 Å². The molecule has 2 N–H and O–H groups in total. The van der Waals surface area contributed by atoms with E-state index in [-0.39, 0.29) is 23.4 Å². The second-order valence-corrected chi connectivity index (χ2v) is 10.1. The van der Waals surface area contributed by atoms with Crippen molar-refractivity contribution in [3.8, 4) is 17.2 Å². The largest absolute Gasteiger partial charge is 0.870 e. The van der Waals surface area contributed by atoms with E-state index in [9.17, 15) is 13.6 Å². The maximum atomic E-state index is 13.0. The number of rotatable bonds is 11. The zero-order valence-electron chi connectivity index (χ0n) is 20.2. The number of aromatic nitrogens is 1. The number of methoxy groups -OCH3 is 1. The van der Waals surface area contributed by atoms with Gasteiger partial charge in [-0.3, -0.25) is 0 Å². The van der Waals surface area contributed by atoms with Gasteiger partial charge < -0.3 is 24.4 Å². The molecule has 0 unspecified atom stereocenters. The molecule has 2 aromatic carbocycles. The van der Waals surface area contributed by atoms with E-state index >= 15 is 0 Å². The molecule has 12 heteroatoms. The van der Waals surface area contributed by atoms with Crippen molar-refractivity contribution < 1.29 is 43.0 Å². The molecule has 4 rings (SSSR count). The fourth-order valence-corrected chi connectivity index (χ4v) is 4.65. The van der Waals surface area contributed by atoms with E-state index < -0.39 is 18.0 Å². The number of pyridine rings is 1. The van der Waals surface area contributed by atoms with Gasteiger partial charge in [0.1, 0.15) is 21.9 Å². The van der Waals surface area contributed by atoms with Crippen molar-refractivity contribution in [1.82, 2.24) is 0 Å². The third kappa shape index (κ3) is 8.36. The molecular weight excluding hydrogens is 563 g/mol. The third-order valence-electron chi connectivity index (χ3n) is 5.61. The Kier molecular flexibility index (Phi) is 10.8. The molecule has 204 valence electrons. The van der Waals surface area contributed by atoms with Gasteiger partial charge in [0, 0.05) is 16.9 Å². The maximum absolute atomic E-state index is 13.0. The Bertz CT molecular complexity index is 1210. The Hall–Kier alpha value is -2.79. The van der Waals surface area contributed by atoms with Crippen LogP contribution in [0.2, 0.25) is 10.0 Å². The molecule has 1 saturated carbocycles. The summed E-state index contributed by atoms with van der Waals surface area (Å²) in [6.07, 6.45) is 4.47. The highest BCUT2D eigenvalue weighted by atomic mass is 35.5. The van der Waals surface area contributed by atoms with Crippen LogP contribution < -0.4 is 19.2 Å². The monoisotopic (exact) mass is 587 g/mol. The summed E-state index contributed by atoms with van der Waals surface area (Å²) in [5, 5.41) is 0.150. The molecule has 1 heterocycles. The van der Waals surface area contributed by atoms with Crippen molar-refractivity contribution in [2.75, 3.05) is 13.7 Å². The van der Waals surface area contributed by atoms with E-state index in [2.05, 4.69) is 9.72 Å². The van der Waals surface area contributed by atoms with Gasteiger partial charge in [0.05, 0.1) is 13.7 Å². The number of thioether (sulfide) groups is 1. The number of carbonyl (C=O) groups is 1. The van der Waals surface area contributed by atoms with E-state index in [1.807, 2.05) is 0 Å². The Morgan fingerprint density at radius 3 is 2.37 bits per heavy atom. The van der Waals surface area contributed by atoms with Gasteiger partial charge in [-0.2, -0.15) is 8.78 Å². The van der Waals surface area contributed by atoms with Crippen LogP contribution in [0.4, 0.5) is 13.6 Å². The van der Waals surface area contributed by atoms with Gasteiger partial charge in [-0.1, -0.05) is 29.3 Å². The highest BCUT2D eigenvalue weighted by molar-refractivity contribution is 8.13. The summed E-state index contributed by atoms with van der Waals surface area (Å²) in [5.41, 5.74) is 1.07. The second-order valence-electron chi connectivity index (χ2n) is 8.31. The Morgan fingerprint density at radius 2 is 1.76 bits per heavy atom. The van der Waals surface area contributed by atoms with Crippen molar-refractivity contribution in [1.29, 1.82) is 0 Å². The van der Waals surface area contributed by atoms with Gasteiger partial charge in [0.15, 0.2) is 23.9 Å². The lowest BCUT2D eigenvalue weighted by molar-refractivity contribution is -0.377. The van der Waals surface area contributed by atoms with Crippen LogP contribution in [0, 0.1) is 5.92 Å². The summed E-state index contributed by atoms with van der Waals surface area (Å²) in [5.74, 6) is 1.09. The molecule has 1 fully saturated rings. The minimum absolute atomic E-state index is 0. The predicted octanol–water partition coefficient (Wildman–Crippen LogP) is 7.24. The van der Waals surface area contributed by atoms with Crippen LogP contribution in [-0.2, 0) is 11.2 Å². The van der Waals surface area contributed by atoms with Crippen molar-refractivity contribution in [3.05, 3.63) is 76.0 Å². The van der Waals surface area contributed by atoms with E-state index in [0.717, 1.165) is 24.6 Å². The highest BCUT2D eigenvalue weighted by Gasteiger charge is 2.26. The molecule has 0 bridgehead atoms. The minimum Gasteiger partial charge on any atom is -0.870 e. The van der Waals surface area contributed by atoms with Gasteiger partial charge in [-0.25, -0.2) is 9.78 Å². The van der Waals surface area contributed by atoms with E-state index in [0.29, 0.717) is 44.3 Å².